The highest BCUT2D eigenvalue weighted by molar-refractivity contribution is 7.23. The van der Waals surface area contributed by atoms with Crippen molar-refractivity contribution in [1.82, 2.24) is 0 Å². The van der Waals surface area contributed by atoms with Crippen molar-refractivity contribution < 1.29 is 0 Å². The second-order valence-electron chi connectivity index (χ2n) is 2.61. The third kappa shape index (κ3) is 1.24. The first kappa shape index (κ1) is 8.36. The van der Waals surface area contributed by atoms with Gasteiger partial charge in [-0.2, -0.15) is 5.26 Å². The lowest BCUT2D eigenvalue weighted by Crippen LogP contribution is -1.85. The molecule has 0 atom stereocenters. The molecule has 13 heavy (non-hydrogen) atoms. The molecule has 0 radical (unpaired) electrons. The maximum atomic E-state index is 8.81. The van der Waals surface area contributed by atoms with Crippen LogP contribution in [-0.2, 0) is 0 Å². The topological polar surface area (TPSA) is 49.8 Å². The molecule has 0 aliphatic carbocycles. The molecule has 4 heteroatoms. The Morgan fingerprint density at radius 1 is 1.46 bits per heavy atom. The summed E-state index contributed by atoms with van der Waals surface area (Å²) >= 11 is 7.24. The lowest BCUT2D eigenvalue weighted by Gasteiger charge is -1.95. The van der Waals surface area contributed by atoms with Crippen LogP contribution in [0.15, 0.2) is 18.2 Å². The Morgan fingerprint density at radius 2 is 2.23 bits per heavy atom. The summed E-state index contributed by atoms with van der Waals surface area (Å²) in [4.78, 5) is 0. The average molecular weight is 209 g/mol. The lowest BCUT2D eigenvalue weighted by molar-refractivity contribution is 1.51. The number of fused-ring (bicyclic) bond motifs is 1. The number of halogens is 1. The number of hydrogen-bond acceptors (Lipinski definition) is 3. The van der Waals surface area contributed by atoms with Crippen LogP contribution in [0.1, 0.15) is 5.56 Å². The van der Waals surface area contributed by atoms with Crippen LogP contribution >= 0.6 is 22.9 Å². The Kier molecular flexibility index (Phi) is 1.87. The summed E-state index contributed by atoms with van der Waals surface area (Å²) < 4.78 is 1.55. The van der Waals surface area contributed by atoms with Gasteiger partial charge >= 0.3 is 0 Å². The Labute approximate surface area is 84.2 Å². The number of nitrogens with zero attached hydrogens (tertiary/aromatic N) is 1. The number of nitriles is 1. The van der Waals surface area contributed by atoms with Gasteiger partial charge in [0.1, 0.15) is 0 Å². The lowest BCUT2D eigenvalue weighted by atomic mass is 10.1. The fourth-order valence-electron chi connectivity index (χ4n) is 1.21. The van der Waals surface area contributed by atoms with Crippen LogP contribution in [0.25, 0.3) is 10.1 Å². The van der Waals surface area contributed by atoms with E-state index < -0.39 is 0 Å². The molecule has 0 unspecified atom stereocenters. The summed E-state index contributed by atoms with van der Waals surface area (Å²) in [5.74, 6) is 0. The minimum Gasteiger partial charge on any atom is -0.398 e. The highest BCUT2D eigenvalue weighted by atomic mass is 35.5. The van der Waals surface area contributed by atoms with Gasteiger partial charge in [-0.15, -0.1) is 11.3 Å². The number of thiophene rings is 1. The Morgan fingerprint density at radius 3 is 2.92 bits per heavy atom. The molecule has 1 aromatic carbocycles. The summed E-state index contributed by atoms with van der Waals surface area (Å²) in [6.07, 6.45) is 0. The van der Waals surface area contributed by atoms with Crippen molar-refractivity contribution in [3.63, 3.8) is 0 Å². The van der Waals surface area contributed by atoms with Crippen molar-refractivity contribution in [1.29, 1.82) is 5.26 Å². The predicted molar refractivity (Wildman–Crippen MR) is 56.0 cm³/mol. The van der Waals surface area contributed by atoms with E-state index in [-0.39, 0.29) is 0 Å². The molecule has 0 bridgehead atoms. The van der Waals surface area contributed by atoms with Crippen LogP contribution in [0, 0.1) is 11.3 Å². The van der Waals surface area contributed by atoms with E-state index in [0.29, 0.717) is 15.6 Å². The van der Waals surface area contributed by atoms with E-state index in [2.05, 4.69) is 6.07 Å². The van der Waals surface area contributed by atoms with Crippen molar-refractivity contribution >= 4 is 38.7 Å². The number of rotatable bonds is 0. The van der Waals surface area contributed by atoms with Gasteiger partial charge < -0.3 is 5.73 Å². The van der Waals surface area contributed by atoms with Gasteiger partial charge in [-0.3, -0.25) is 0 Å². The second-order valence-corrected chi connectivity index (χ2v) is 4.29. The van der Waals surface area contributed by atoms with Crippen molar-refractivity contribution in [2.45, 2.75) is 0 Å². The minimum atomic E-state index is 0.618. The number of benzene rings is 1. The van der Waals surface area contributed by atoms with Crippen LogP contribution in [0.4, 0.5) is 5.69 Å². The largest absolute Gasteiger partial charge is 0.398 e. The zero-order chi connectivity index (χ0) is 9.42. The van der Waals surface area contributed by atoms with E-state index in [0.717, 1.165) is 10.1 Å². The number of nitrogen functional groups attached to an aromatic ring is 1. The standard InChI is InChI=1S/C9H5ClN2S/c10-8-3-6-5(4-11)1-2-7(12)9(6)13-8/h1-3H,12H2. The van der Waals surface area contributed by atoms with Crippen molar-refractivity contribution in [3.8, 4) is 6.07 Å². The van der Waals surface area contributed by atoms with E-state index in [1.165, 1.54) is 11.3 Å². The zero-order valence-corrected chi connectivity index (χ0v) is 8.12. The molecular weight excluding hydrogens is 204 g/mol. The molecule has 1 heterocycles. The van der Waals surface area contributed by atoms with E-state index in [1.807, 2.05) is 0 Å². The monoisotopic (exact) mass is 208 g/mol. The van der Waals surface area contributed by atoms with E-state index >= 15 is 0 Å². The van der Waals surface area contributed by atoms with Gasteiger partial charge in [0, 0.05) is 11.1 Å². The van der Waals surface area contributed by atoms with E-state index in [9.17, 15) is 0 Å². The third-order valence-corrected chi connectivity index (χ3v) is 3.12. The fraction of sp³-hybridized carbons (Fsp3) is 0. The Hall–Kier alpha value is -1.24. The molecule has 2 aromatic rings. The van der Waals surface area contributed by atoms with Crippen LogP contribution < -0.4 is 5.73 Å². The summed E-state index contributed by atoms with van der Waals surface area (Å²) in [7, 11) is 0. The summed E-state index contributed by atoms with van der Waals surface area (Å²) in [6, 6.07) is 7.32. The van der Waals surface area contributed by atoms with Crippen LogP contribution in [0.5, 0.6) is 0 Å². The molecule has 2 N–H and O–H groups in total. The fourth-order valence-corrected chi connectivity index (χ4v) is 2.39. The molecule has 2 nitrogen and oxygen atoms in total. The van der Waals surface area contributed by atoms with Crippen molar-refractivity contribution in [2.24, 2.45) is 0 Å². The van der Waals surface area contributed by atoms with Gasteiger partial charge in [0.25, 0.3) is 0 Å². The molecular formula is C9H5ClN2S. The van der Waals surface area contributed by atoms with Gasteiger partial charge in [0.15, 0.2) is 0 Å². The van der Waals surface area contributed by atoms with Gasteiger partial charge in [-0.1, -0.05) is 11.6 Å². The molecule has 0 fully saturated rings. The molecule has 0 saturated heterocycles. The maximum absolute atomic E-state index is 8.81. The van der Waals surface area contributed by atoms with Gasteiger partial charge in [0.05, 0.1) is 20.7 Å². The zero-order valence-electron chi connectivity index (χ0n) is 6.54. The van der Waals surface area contributed by atoms with Crippen molar-refractivity contribution in [2.75, 3.05) is 5.73 Å². The van der Waals surface area contributed by atoms with Gasteiger partial charge in [-0.05, 0) is 18.2 Å². The van der Waals surface area contributed by atoms with E-state index in [1.54, 1.807) is 18.2 Å². The van der Waals surface area contributed by atoms with Crippen LogP contribution in [0.3, 0.4) is 0 Å². The molecule has 0 aliphatic rings. The SMILES string of the molecule is N#Cc1ccc(N)c2sc(Cl)cc12. The highest BCUT2D eigenvalue weighted by Crippen LogP contribution is 2.35. The highest BCUT2D eigenvalue weighted by Gasteiger charge is 2.07. The quantitative estimate of drug-likeness (QED) is 0.677. The number of hydrogen-bond donors (Lipinski definition) is 1. The summed E-state index contributed by atoms with van der Waals surface area (Å²) in [5.41, 5.74) is 7.03. The first-order valence-electron chi connectivity index (χ1n) is 3.60. The van der Waals surface area contributed by atoms with Gasteiger partial charge in [0.2, 0.25) is 0 Å². The van der Waals surface area contributed by atoms with Gasteiger partial charge in [-0.25, -0.2) is 0 Å². The second kappa shape index (κ2) is 2.91. The number of anilines is 1. The van der Waals surface area contributed by atoms with Crippen LogP contribution in [0.2, 0.25) is 4.34 Å². The molecule has 64 valence electrons. The molecule has 0 saturated carbocycles. The predicted octanol–water partition coefficient (Wildman–Crippen LogP) is 3.01. The Balaban J connectivity index is 2.94. The summed E-state index contributed by atoms with van der Waals surface area (Å²) in [5, 5.41) is 9.65. The maximum Gasteiger partial charge on any atom is 0.0998 e. The molecule has 0 spiro atoms. The first-order chi connectivity index (χ1) is 6.22. The number of nitrogens with two attached hydrogens (primary N) is 1. The summed E-state index contributed by atoms with van der Waals surface area (Å²) in [6.45, 7) is 0. The Bertz CT molecular complexity index is 510. The van der Waals surface area contributed by atoms with E-state index in [4.69, 9.17) is 22.6 Å². The average Bonchev–Trinajstić information content (AvgIpc) is 2.48. The molecule has 0 aliphatic heterocycles. The first-order valence-corrected chi connectivity index (χ1v) is 4.79. The van der Waals surface area contributed by atoms with Crippen molar-refractivity contribution in [3.05, 3.63) is 28.1 Å². The smallest absolute Gasteiger partial charge is 0.0998 e. The molecule has 1 aromatic heterocycles. The third-order valence-electron chi connectivity index (χ3n) is 1.80. The molecule has 0 amide bonds. The normalized spacial score (nSPS) is 10.2. The van der Waals surface area contributed by atoms with Crippen LogP contribution in [-0.4, -0.2) is 0 Å². The minimum absolute atomic E-state index is 0.618. The molecule has 2 rings (SSSR count).